The average Bonchev–Trinajstić information content (AvgIpc) is 3.22. The Hall–Kier alpha value is -2.56. The number of nitrogens with one attached hydrogen (secondary N) is 1. The fourth-order valence-electron chi connectivity index (χ4n) is 2.85. The van der Waals surface area contributed by atoms with Crippen molar-refractivity contribution in [1.82, 2.24) is 10.2 Å². The molecule has 1 N–H and O–H groups in total. The summed E-state index contributed by atoms with van der Waals surface area (Å²) < 4.78 is 5.05. The number of rotatable bonds is 6. The van der Waals surface area contributed by atoms with Gasteiger partial charge in [-0.3, -0.25) is 9.59 Å². The molecule has 2 heterocycles. The number of carbonyl (C=O) groups excluding carboxylic acids is 2. The Morgan fingerprint density at radius 2 is 2.04 bits per heavy atom. The number of hydrogen-bond donors (Lipinski definition) is 1. The zero-order valence-electron chi connectivity index (χ0n) is 12.9. The zero-order chi connectivity index (χ0) is 16.1. The van der Waals surface area contributed by atoms with Gasteiger partial charge in [-0.2, -0.15) is 0 Å². The quantitative estimate of drug-likeness (QED) is 0.888. The molecular formula is C18H20N2O3. The number of hydrogen-bond acceptors (Lipinski definition) is 3. The van der Waals surface area contributed by atoms with Crippen LogP contribution in [0.4, 0.5) is 0 Å². The fraction of sp³-hybridized carbons (Fsp3) is 0.333. The first kappa shape index (κ1) is 15.3. The van der Waals surface area contributed by atoms with E-state index < -0.39 is 0 Å². The maximum atomic E-state index is 12.1. The van der Waals surface area contributed by atoms with E-state index >= 15 is 0 Å². The summed E-state index contributed by atoms with van der Waals surface area (Å²) in [7, 11) is 0. The number of amides is 2. The molecule has 1 atom stereocenters. The van der Waals surface area contributed by atoms with Crippen molar-refractivity contribution >= 4 is 11.8 Å². The number of furan rings is 1. The molecule has 1 saturated heterocycles. The van der Waals surface area contributed by atoms with Gasteiger partial charge < -0.3 is 14.6 Å². The topological polar surface area (TPSA) is 62.6 Å². The van der Waals surface area contributed by atoms with Crippen LogP contribution >= 0.6 is 0 Å². The van der Waals surface area contributed by atoms with Crippen LogP contribution in [-0.4, -0.2) is 36.3 Å². The van der Waals surface area contributed by atoms with Gasteiger partial charge in [0.05, 0.1) is 6.26 Å². The lowest BCUT2D eigenvalue weighted by Gasteiger charge is -2.16. The van der Waals surface area contributed by atoms with Crippen molar-refractivity contribution in [3.8, 4) is 0 Å². The van der Waals surface area contributed by atoms with E-state index in [2.05, 4.69) is 17.4 Å². The molecule has 2 amide bonds. The zero-order valence-corrected chi connectivity index (χ0v) is 12.9. The smallest absolute Gasteiger partial charge is 0.286 e. The summed E-state index contributed by atoms with van der Waals surface area (Å²) in [6, 6.07) is 13.5. The van der Waals surface area contributed by atoms with Crippen molar-refractivity contribution in [3.05, 3.63) is 60.1 Å². The summed E-state index contributed by atoms with van der Waals surface area (Å²) in [6.45, 7) is 1.92. The highest BCUT2D eigenvalue weighted by Crippen LogP contribution is 2.17. The highest BCUT2D eigenvalue weighted by Gasteiger charge is 2.29. The molecule has 1 aliphatic heterocycles. The molecule has 1 fully saturated rings. The Bertz CT molecular complexity index is 652. The second kappa shape index (κ2) is 7.13. The van der Waals surface area contributed by atoms with Gasteiger partial charge in [-0.15, -0.1) is 0 Å². The van der Waals surface area contributed by atoms with Crippen LogP contribution in [0.25, 0.3) is 0 Å². The average molecular weight is 312 g/mol. The van der Waals surface area contributed by atoms with Gasteiger partial charge in [0.15, 0.2) is 5.76 Å². The van der Waals surface area contributed by atoms with E-state index in [0.29, 0.717) is 25.3 Å². The molecule has 0 saturated carbocycles. The predicted octanol–water partition coefficient (Wildman–Crippen LogP) is 2.10. The van der Waals surface area contributed by atoms with Gasteiger partial charge in [-0.25, -0.2) is 0 Å². The summed E-state index contributed by atoms with van der Waals surface area (Å²) >= 11 is 0. The van der Waals surface area contributed by atoms with Gasteiger partial charge in [0.25, 0.3) is 5.91 Å². The first-order chi connectivity index (χ1) is 11.2. The van der Waals surface area contributed by atoms with Crippen LogP contribution < -0.4 is 5.32 Å². The van der Waals surface area contributed by atoms with Crippen LogP contribution in [0.2, 0.25) is 0 Å². The van der Waals surface area contributed by atoms with E-state index in [1.807, 2.05) is 23.1 Å². The first-order valence-corrected chi connectivity index (χ1v) is 7.86. The molecule has 1 aromatic carbocycles. The lowest BCUT2D eigenvalue weighted by molar-refractivity contribution is -0.127. The molecule has 1 aromatic heterocycles. The van der Waals surface area contributed by atoms with Crippen LogP contribution in [0.15, 0.2) is 53.1 Å². The molecule has 23 heavy (non-hydrogen) atoms. The summed E-state index contributed by atoms with van der Waals surface area (Å²) in [5.41, 5.74) is 1.23. The Kier molecular flexibility index (Phi) is 4.76. The molecule has 3 rings (SSSR count). The van der Waals surface area contributed by atoms with E-state index in [9.17, 15) is 9.59 Å². The SMILES string of the molecule is O=C(NCC1CC(=O)N(CCc2ccccc2)C1)c1ccco1. The van der Waals surface area contributed by atoms with Crippen LogP contribution in [0.1, 0.15) is 22.5 Å². The van der Waals surface area contributed by atoms with Crippen molar-refractivity contribution in [2.75, 3.05) is 19.6 Å². The fourth-order valence-corrected chi connectivity index (χ4v) is 2.85. The summed E-state index contributed by atoms with van der Waals surface area (Å²) in [5, 5.41) is 2.83. The normalized spacial score (nSPS) is 17.5. The van der Waals surface area contributed by atoms with Crippen LogP contribution in [0.5, 0.6) is 0 Å². The van der Waals surface area contributed by atoms with Gasteiger partial charge in [-0.05, 0) is 24.1 Å². The monoisotopic (exact) mass is 312 g/mol. The molecule has 120 valence electrons. The highest BCUT2D eigenvalue weighted by atomic mass is 16.3. The number of benzene rings is 1. The van der Waals surface area contributed by atoms with Gasteiger partial charge in [-0.1, -0.05) is 30.3 Å². The van der Waals surface area contributed by atoms with Gasteiger partial charge in [0.1, 0.15) is 0 Å². The van der Waals surface area contributed by atoms with E-state index in [-0.39, 0.29) is 17.7 Å². The van der Waals surface area contributed by atoms with E-state index in [1.54, 1.807) is 12.1 Å². The lowest BCUT2D eigenvalue weighted by atomic mass is 10.1. The Morgan fingerprint density at radius 1 is 1.22 bits per heavy atom. The summed E-state index contributed by atoms with van der Waals surface area (Å²) in [6.07, 6.45) is 2.82. The van der Waals surface area contributed by atoms with E-state index in [1.165, 1.54) is 11.8 Å². The van der Waals surface area contributed by atoms with Crippen LogP contribution in [0, 0.1) is 5.92 Å². The molecule has 5 nitrogen and oxygen atoms in total. The van der Waals surface area contributed by atoms with E-state index in [0.717, 1.165) is 13.0 Å². The third-order valence-corrected chi connectivity index (χ3v) is 4.10. The minimum absolute atomic E-state index is 0.164. The third kappa shape index (κ3) is 4.00. The van der Waals surface area contributed by atoms with Crippen molar-refractivity contribution in [2.45, 2.75) is 12.8 Å². The standard InChI is InChI=1S/C18H20N2O3/c21-17-11-15(12-19-18(22)16-7-4-10-23-16)13-20(17)9-8-14-5-2-1-3-6-14/h1-7,10,15H,8-9,11-13H2,(H,19,22). The molecule has 0 radical (unpaired) electrons. The Labute approximate surface area is 135 Å². The minimum atomic E-state index is -0.231. The first-order valence-electron chi connectivity index (χ1n) is 7.86. The molecular weight excluding hydrogens is 292 g/mol. The van der Waals surface area contributed by atoms with Crippen molar-refractivity contribution in [2.24, 2.45) is 5.92 Å². The largest absolute Gasteiger partial charge is 0.459 e. The molecule has 5 heteroatoms. The summed E-state index contributed by atoms with van der Waals surface area (Å²) in [4.78, 5) is 25.8. The molecule has 1 aliphatic rings. The molecule has 1 unspecified atom stereocenters. The third-order valence-electron chi connectivity index (χ3n) is 4.10. The maximum Gasteiger partial charge on any atom is 0.286 e. The van der Waals surface area contributed by atoms with Crippen molar-refractivity contribution in [3.63, 3.8) is 0 Å². The highest BCUT2D eigenvalue weighted by molar-refractivity contribution is 5.91. The molecule has 0 bridgehead atoms. The van der Waals surface area contributed by atoms with Gasteiger partial charge in [0, 0.05) is 32.0 Å². The number of carbonyl (C=O) groups is 2. The van der Waals surface area contributed by atoms with E-state index in [4.69, 9.17) is 4.42 Å². The second-order valence-electron chi connectivity index (χ2n) is 5.83. The Morgan fingerprint density at radius 3 is 2.78 bits per heavy atom. The second-order valence-corrected chi connectivity index (χ2v) is 5.83. The predicted molar refractivity (Wildman–Crippen MR) is 85.9 cm³/mol. The number of nitrogens with zero attached hydrogens (tertiary/aromatic N) is 1. The van der Waals surface area contributed by atoms with Gasteiger partial charge in [0.2, 0.25) is 5.91 Å². The maximum absolute atomic E-state index is 12.1. The van der Waals surface area contributed by atoms with Crippen LogP contribution in [-0.2, 0) is 11.2 Å². The minimum Gasteiger partial charge on any atom is -0.459 e. The molecule has 0 spiro atoms. The van der Waals surface area contributed by atoms with Gasteiger partial charge >= 0.3 is 0 Å². The van der Waals surface area contributed by atoms with Crippen LogP contribution in [0.3, 0.4) is 0 Å². The summed E-state index contributed by atoms with van der Waals surface area (Å²) in [5.74, 6) is 0.399. The molecule has 0 aliphatic carbocycles. The van der Waals surface area contributed by atoms with Crippen molar-refractivity contribution in [1.29, 1.82) is 0 Å². The number of likely N-dealkylation sites (tertiary alicyclic amines) is 1. The Balaban J connectivity index is 1.45. The lowest BCUT2D eigenvalue weighted by Crippen LogP contribution is -2.31. The molecule has 2 aromatic rings. The van der Waals surface area contributed by atoms with Crippen molar-refractivity contribution < 1.29 is 14.0 Å².